The van der Waals surface area contributed by atoms with Gasteiger partial charge in [0, 0.05) is 44.1 Å². The molecule has 2 aromatic rings. The zero-order valence-electron chi connectivity index (χ0n) is 14.8. The van der Waals surface area contributed by atoms with Gasteiger partial charge in [0.25, 0.3) is 11.8 Å². The summed E-state index contributed by atoms with van der Waals surface area (Å²) in [4.78, 5) is 36.8. The summed E-state index contributed by atoms with van der Waals surface area (Å²) in [5, 5.41) is 0. The number of amides is 2. The van der Waals surface area contributed by atoms with Crippen LogP contribution in [0.4, 0.5) is 0 Å². The van der Waals surface area contributed by atoms with E-state index < -0.39 is 0 Å². The highest BCUT2D eigenvalue weighted by atomic mass is 16.5. The quantitative estimate of drug-likeness (QED) is 0.838. The van der Waals surface area contributed by atoms with Crippen LogP contribution in [0, 0.1) is 0 Å². The second kappa shape index (κ2) is 8.42. The van der Waals surface area contributed by atoms with Crippen LogP contribution in [0.3, 0.4) is 0 Å². The average molecular weight is 354 g/mol. The van der Waals surface area contributed by atoms with Gasteiger partial charge in [-0.1, -0.05) is 0 Å². The van der Waals surface area contributed by atoms with Crippen molar-refractivity contribution in [1.29, 1.82) is 0 Å². The molecule has 0 saturated carbocycles. The molecule has 1 aromatic heterocycles. The zero-order chi connectivity index (χ0) is 18.4. The van der Waals surface area contributed by atoms with E-state index in [2.05, 4.69) is 9.97 Å². The molecule has 26 heavy (non-hydrogen) atoms. The van der Waals surface area contributed by atoms with Gasteiger partial charge in [-0.05, 0) is 37.6 Å². The molecule has 1 aromatic carbocycles. The van der Waals surface area contributed by atoms with E-state index in [1.165, 1.54) is 18.6 Å². The van der Waals surface area contributed by atoms with Gasteiger partial charge in [0.05, 0.1) is 12.8 Å². The van der Waals surface area contributed by atoms with Crippen molar-refractivity contribution >= 4 is 11.8 Å². The summed E-state index contributed by atoms with van der Waals surface area (Å²) in [5.41, 5.74) is 0.959. The monoisotopic (exact) mass is 354 g/mol. The SMILES string of the molecule is CCOc1ccc(C(=O)N2CCCN(C(=O)c3cnccn3)CC2)cc1. The highest BCUT2D eigenvalue weighted by Crippen LogP contribution is 2.15. The van der Waals surface area contributed by atoms with Gasteiger partial charge in [0.1, 0.15) is 11.4 Å². The van der Waals surface area contributed by atoms with Crippen molar-refractivity contribution in [2.45, 2.75) is 13.3 Å². The van der Waals surface area contributed by atoms with Crippen molar-refractivity contribution in [3.63, 3.8) is 0 Å². The minimum absolute atomic E-state index is 0.0261. The Labute approximate surface area is 152 Å². The van der Waals surface area contributed by atoms with E-state index in [0.717, 1.165) is 12.2 Å². The van der Waals surface area contributed by atoms with Crippen LogP contribution in [-0.2, 0) is 0 Å². The number of benzene rings is 1. The summed E-state index contributed by atoms with van der Waals surface area (Å²) in [6.07, 6.45) is 5.24. The Kier molecular flexibility index (Phi) is 5.78. The smallest absolute Gasteiger partial charge is 0.274 e. The number of carbonyl (C=O) groups is 2. The van der Waals surface area contributed by atoms with E-state index >= 15 is 0 Å². The molecule has 7 heteroatoms. The molecule has 136 valence electrons. The molecule has 0 spiro atoms. The summed E-state index contributed by atoms with van der Waals surface area (Å²) >= 11 is 0. The summed E-state index contributed by atoms with van der Waals surface area (Å²) in [7, 11) is 0. The molecule has 0 atom stereocenters. The van der Waals surface area contributed by atoms with Gasteiger partial charge in [-0.3, -0.25) is 14.6 Å². The number of rotatable bonds is 4. The lowest BCUT2D eigenvalue weighted by Gasteiger charge is -2.22. The molecule has 2 amide bonds. The first-order valence-corrected chi connectivity index (χ1v) is 8.76. The fraction of sp³-hybridized carbons (Fsp3) is 0.368. The van der Waals surface area contributed by atoms with E-state index in [0.29, 0.717) is 44.0 Å². The Bertz CT molecular complexity index is 749. The fourth-order valence-corrected chi connectivity index (χ4v) is 2.94. The lowest BCUT2D eigenvalue weighted by Crippen LogP contribution is -2.37. The number of hydrogen-bond acceptors (Lipinski definition) is 5. The summed E-state index contributed by atoms with van der Waals surface area (Å²) in [6.45, 7) is 4.72. The average Bonchev–Trinajstić information content (AvgIpc) is 2.95. The van der Waals surface area contributed by atoms with E-state index in [1.807, 2.05) is 6.92 Å². The molecular weight excluding hydrogens is 332 g/mol. The van der Waals surface area contributed by atoms with Crippen molar-refractivity contribution in [2.24, 2.45) is 0 Å². The van der Waals surface area contributed by atoms with Crippen molar-refractivity contribution in [2.75, 3.05) is 32.8 Å². The summed E-state index contributed by atoms with van der Waals surface area (Å²) < 4.78 is 5.41. The Morgan fingerprint density at radius 1 is 1.00 bits per heavy atom. The van der Waals surface area contributed by atoms with Gasteiger partial charge in [-0.15, -0.1) is 0 Å². The molecule has 3 rings (SSSR count). The van der Waals surface area contributed by atoms with E-state index in [-0.39, 0.29) is 11.8 Å². The number of carbonyl (C=O) groups excluding carboxylic acids is 2. The molecule has 0 N–H and O–H groups in total. The minimum atomic E-state index is -0.145. The van der Waals surface area contributed by atoms with Gasteiger partial charge in [-0.25, -0.2) is 4.98 Å². The van der Waals surface area contributed by atoms with Crippen LogP contribution >= 0.6 is 0 Å². The third-order valence-corrected chi connectivity index (χ3v) is 4.26. The Morgan fingerprint density at radius 2 is 1.69 bits per heavy atom. The third kappa shape index (κ3) is 4.17. The predicted octanol–water partition coefficient (Wildman–Crippen LogP) is 1.86. The van der Waals surface area contributed by atoms with Crippen LogP contribution in [-0.4, -0.2) is 64.4 Å². The van der Waals surface area contributed by atoms with Crippen molar-refractivity contribution in [3.05, 3.63) is 54.1 Å². The van der Waals surface area contributed by atoms with Gasteiger partial charge >= 0.3 is 0 Å². The Balaban J connectivity index is 1.62. The van der Waals surface area contributed by atoms with Crippen LogP contribution in [0.15, 0.2) is 42.9 Å². The van der Waals surface area contributed by atoms with E-state index in [4.69, 9.17) is 4.74 Å². The van der Waals surface area contributed by atoms with Crippen LogP contribution in [0.2, 0.25) is 0 Å². The molecule has 7 nitrogen and oxygen atoms in total. The number of aromatic nitrogens is 2. The first-order chi connectivity index (χ1) is 12.7. The summed E-state index contributed by atoms with van der Waals surface area (Å²) in [5.74, 6) is 0.580. The molecule has 0 radical (unpaired) electrons. The Hall–Kier alpha value is -2.96. The van der Waals surface area contributed by atoms with Gasteiger partial charge in [-0.2, -0.15) is 0 Å². The molecule has 0 bridgehead atoms. The maximum absolute atomic E-state index is 12.7. The highest BCUT2D eigenvalue weighted by molar-refractivity contribution is 5.95. The second-order valence-corrected chi connectivity index (χ2v) is 5.99. The van der Waals surface area contributed by atoms with Crippen LogP contribution in [0.1, 0.15) is 34.2 Å². The van der Waals surface area contributed by atoms with Crippen molar-refractivity contribution < 1.29 is 14.3 Å². The molecule has 0 aliphatic carbocycles. The third-order valence-electron chi connectivity index (χ3n) is 4.26. The predicted molar refractivity (Wildman–Crippen MR) is 96.1 cm³/mol. The largest absolute Gasteiger partial charge is 0.494 e. The van der Waals surface area contributed by atoms with Crippen LogP contribution in [0.25, 0.3) is 0 Å². The number of ether oxygens (including phenoxy) is 1. The van der Waals surface area contributed by atoms with Gasteiger partial charge in [0.2, 0.25) is 0 Å². The lowest BCUT2D eigenvalue weighted by atomic mass is 10.2. The van der Waals surface area contributed by atoms with E-state index in [9.17, 15) is 9.59 Å². The van der Waals surface area contributed by atoms with Crippen molar-refractivity contribution in [3.8, 4) is 5.75 Å². The summed E-state index contributed by atoms with van der Waals surface area (Å²) in [6, 6.07) is 7.16. The lowest BCUT2D eigenvalue weighted by molar-refractivity contribution is 0.0715. The topological polar surface area (TPSA) is 75.6 Å². The first kappa shape index (κ1) is 17.8. The first-order valence-electron chi connectivity index (χ1n) is 8.76. The number of hydrogen-bond donors (Lipinski definition) is 0. The molecule has 1 fully saturated rings. The highest BCUT2D eigenvalue weighted by Gasteiger charge is 2.24. The van der Waals surface area contributed by atoms with E-state index in [1.54, 1.807) is 34.1 Å². The maximum atomic E-state index is 12.7. The number of nitrogens with zero attached hydrogens (tertiary/aromatic N) is 4. The minimum Gasteiger partial charge on any atom is -0.494 e. The molecule has 1 aliphatic rings. The molecule has 1 aliphatic heterocycles. The Morgan fingerprint density at radius 3 is 2.31 bits per heavy atom. The molecule has 1 saturated heterocycles. The normalized spacial score (nSPS) is 14.7. The standard InChI is InChI=1S/C19H22N4O3/c1-2-26-16-6-4-15(5-7-16)18(24)22-10-3-11-23(13-12-22)19(25)17-14-20-8-9-21-17/h4-9,14H,2-3,10-13H2,1H3. The molecule has 2 heterocycles. The van der Waals surface area contributed by atoms with Gasteiger partial charge in [0.15, 0.2) is 0 Å². The second-order valence-electron chi connectivity index (χ2n) is 5.99. The fourth-order valence-electron chi connectivity index (χ4n) is 2.94. The maximum Gasteiger partial charge on any atom is 0.274 e. The molecular formula is C19H22N4O3. The van der Waals surface area contributed by atoms with Crippen LogP contribution in [0.5, 0.6) is 5.75 Å². The van der Waals surface area contributed by atoms with Crippen molar-refractivity contribution in [1.82, 2.24) is 19.8 Å². The van der Waals surface area contributed by atoms with Crippen LogP contribution < -0.4 is 4.74 Å². The van der Waals surface area contributed by atoms with Gasteiger partial charge < -0.3 is 14.5 Å². The zero-order valence-corrected chi connectivity index (χ0v) is 14.8. The molecule has 0 unspecified atom stereocenters.